The minimum absolute atomic E-state index is 0.124. The summed E-state index contributed by atoms with van der Waals surface area (Å²) in [6, 6.07) is 0. The van der Waals surface area contributed by atoms with Crippen LogP contribution in [0.15, 0.2) is 11.6 Å². The summed E-state index contributed by atoms with van der Waals surface area (Å²) in [5.41, 5.74) is 1.28. The lowest BCUT2D eigenvalue weighted by Crippen LogP contribution is -2.32. The van der Waals surface area contributed by atoms with Crippen LogP contribution in [-0.4, -0.2) is 23.5 Å². The second kappa shape index (κ2) is 7.46. The summed E-state index contributed by atoms with van der Waals surface area (Å²) < 4.78 is 0. The number of amides is 1. The normalized spacial score (nSPS) is 26.7. The number of allylic oxidation sites excluding steroid dienone is 1. The van der Waals surface area contributed by atoms with Gasteiger partial charge in [-0.3, -0.25) is 9.59 Å². The monoisotopic (exact) mass is 279 g/mol. The first kappa shape index (κ1) is 15.1. The van der Waals surface area contributed by atoms with Crippen LogP contribution < -0.4 is 5.32 Å². The van der Waals surface area contributed by atoms with E-state index in [1.807, 2.05) is 0 Å². The molecule has 112 valence electrons. The maximum Gasteiger partial charge on any atom is 0.306 e. The quantitative estimate of drug-likeness (QED) is 0.760. The molecule has 1 saturated carbocycles. The molecule has 2 aliphatic rings. The van der Waals surface area contributed by atoms with E-state index in [-0.39, 0.29) is 11.8 Å². The fourth-order valence-corrected chi connectivity index (χ4v) is 3.21. The molecular weight excluding hydrogens is 254 g/mol. The summed E-state index contributed by atoms with van der Waals surface area (Å²) >= 11 is 0. The Balaban J connectivity index is 1.64. The Morgan fingerprint density at radius 1 is 1.20 bits per heavy atom. The zero-order valence-corrected chi connectivity index (χ0v) is 12.1. The van der Waals surface area contributed by atoms with E-state index < -0.39 is 5.97 Å². The lowest BCUT2D eigenvalue weighted by molar-refractivity contribution is -0.143. The van der Waals surface area contributed by atoms with Crippen molar-refractivity contribution in [3.63, 3.8) is 0 Å². The number of carbonyl (C=O) groups excluding carboxylic acids is 1. The number of hydrogen-bond donors (Lipinski definition) is 2. The Morgan fingerprint density at radius 2 is 1.95 bits per heavy atom. The standard InChI is InChI=1S/C16H25NO3/c18-15(10-12-4-2-1-3-5-12)17-11-13-6-8-14(9-7-13)16(19)20/h4,13-14H,1-3,5-11H2,(H,17,18)(H,19,20). The van der Waals surface area contributed by atoms with Crippen molar-refractivity contribution >= 4 is 11.9 Å². The van der Waals surface area contributed by atoms with Crippen molar-refractivity contribution in [2.75, 3.05) is 6.54 Å². The van der Waals surface area contributed by atoms with Gasteiger partial charge in [-0.25, -0.2) is 0 Å². The van der Waals surface area contributed by atoms with Crippen LogP contribution in [0, 0.1) is 11.8 Å². The van der Waals surface area contributed by atoms with Crippen LogP contribution in [0.1, 0.15) is 57.8 Å². The molecule has 1 amide bonds. The molecule has 0 heterocycles. The number of carboxylic acid groups (broad SMARTS) is 1. The van der Waals surface area contributed by atoms with E-state index in [2.05, 4.69) is 11.4 Å². The number of hydrogen-bond acceptors (Lipinski definition) is 2. The summed E-state index contributed by atoms with van der Waals surface area (Å²) in [6.45, 7) is 0.707. The van der Waals surface area contributed by atoms with Crippen molar-refractivity contribution in [2.45, 2.75) is 57.8 Å². The van der Waals surface area contributed by atoms with Crippen molar-refractivity contribution < 1.29 is 14.7 Å². The first-order valence-electron chi connectivity index (χ1n) is 7.82. The predicted molar refractivity (Wildman–Crippen MR) is 77.3 cm³/mol. The van der Waals surface area contributed by atoms with Gasteiger partial charge < -0.3 is 10.4 Å². The van der Waals surface area contributed by atoms with Crippen molar-refractivity contribution in [1.29, 1.82) is 0 Å². The van der Waals surface area contributed by atoms with E-state index in [9.17, 15) is 9.59 Å². The summed E-state index contributed by atoms with van der Waals surface area (Å²) in [4.78, 5) is 22.8. The van der Waals surface area contributed by atoms with E-state index in [0.29, 0.717) is 18.9 Å². The van der Waals surface area contributed by atoms with Crippen LogP contribution in [0.25, 0.3) is 0 Å². The van der Waals surface area contributed by atoms with Gasteiger partial charge in [0.1, 0.15) is 0 Å². The van der Waals surface area contributed by atoms with E-state index in [1.165, 1.54) is 18.4 Å². The van der Waals surface area contributed by atoms with Gasteiger partial charge in [-0.2, -0.15) is 0 Å². The third-order valence-electron chi connectivity index (χ3n) is 4.56. The fourth-order valence-electron chi connectivity index (χ4n) is 3.21. The summed E-state index contributed by atoms with van der Waals surface area (Å²) in [7, 11) is 0. The molecule has 0 atom stereocenters. The molecule has 0 aromatic rings. The largest absolute Gasteiger partial charge is 0.481 e. The van der Waals surface area contributed by atoms with Gasteiger partial charge in [0, 0.05) is 13.0 Å². The van der Waals surface area contributed by atoms with Crippen LogP contribution in [0.2, 0.25) is 0 Å². The minimum atomic E-state index is -0.670. The third kappa shape index (κ3) is 4.66. The molecule has 0 spiro atoms. The molecule has 0 unspecified atom stereocenters. The minimum Gasteiger partial charge on any atom is -0.481 e. The summed E-state index contributed by atoms with van der Waals surface area (Å²) in [6.07, 6.45) is 10.7. The number of aliphatic carboxylic acids is 1. The molecule has 1 fully saturated rings. The van der Waals surface area contributed by atoms with Crippen molar-refractivity contribution in [2.24, 2.45) is 11.8 Å². The van der Waals surface area contributed by atoms with E-state index >= 15 is 0 Å². The van der Waals surface area contributed by atoms with Gasteiger partial charge in [-0.1, -0.05) is 11.6 Å². The molecule has 0 aromatic carbocycles. The van der Waals surface area contributed by atoms with Gasteiger partial charge in [-0.15, -0.1) is 0 Å². The molecule has 2 aliphatic carbocycles. The molecule has 4 heteroatoms. The maximum absolute atomic E-state index is 11.9. The van der Waals surface area contributed by atoms with Crippen LogP contribution in [0.5, 0.6) is 0 Å². The zero-order chi connectivity index (χ0) is 14.4. The van der Waals surface area contributed by atoms with Gasteiger partial charge in [0.2, 0.25) is 5.91 Å². The molecule has 0 aliphatic heterocycles. The average molecular weight is 279 g/mol. The first-order valence-corrected chi connectivity index (χ1v) is 7.82. The fraction of sp³-hybridized carbons (Fsp3) is 0.750. The SMILES string of the molecule is O=C(CC1=CCCCC1)NCC1CCC(C(=O)O)CC1. The van der Waals surface area contributed by atoms with Crippen molar-refractivity contribution in [1.82, 2.24) is 5.32 Å². The highest BCUT2D eigenvalue weighted by Crippen LogP contribution is 2.28. The van der Waals surface area contributed by atoms with Gasteiger partial charge in [0.15, 0.2) is 0 Å². The Labute approximate surface area is 120 Å². The number of rotatable bonds is 5. The molecular formula is C16H25NO3. The van der Waals surface area contributed by atoms with Crippen molar-refractivity contribution in [3.05, 3.63) is 11.6 Å². The topological polar surface area (TPSA) is 66.4 Å². The highest BCUT2D eigenvalue weighted by molar-refractivity contribution is 5.78. The van der Waals surface area contributed by atoms with E-state index in [0.717, 1.165) is 38.5 Å². The molecule has 0 aromatic heterocycles. The predicted octanol–water partition coefficient (Wildman–Crippen LogP) is 2.88. The number of carbonyl (C=O) groups is 2. The van der Waals surface area contributed by atoms with E-state index in [1.54, 1.807) is 0 Å². The molecule has 2 N–H and O–H groups in total. The third-order valence-corrected chi connectivity index (χ3v) is 4.56. The second-order valence-electron chi connectivity index (χ2n) is 6.14. The lowest BCUT2D eigenvalue weighted by atomic mass is 9.82. The lowest BCUT2D eigenvalue weighted by Gasteiger charge is -2.26. The molecule has 0 saturated heterocycles. The molecule has 0 radical (unpaired) electrons. The molecule has 4 nitrogen and oxygen atoms in total. The van der Waals surface area contributed by atoms with Gasteiger partial charge in [0.05, 0.1) is 5.92 Å². The Bertz CT molecular complexity index is 381. The van der Waals surface area contributed by atoms with Gasteiger partial charge in [0.25, 0.3) is 0 Å². The summed E-state index contributed by atoms with van der Waals surface area (Å²) in [5.74, 6) is -0.264. The maximum atomic E-state index is 11.9. The zero-order valence-electron chi connectivity index (χ0n) is 12.1. The summed E-state index contributed by atoms with van der Waals surface area (Å²) in [5, 5.41) is 12.0. The van der Waals surface area contributed by atoms with Gasteiger partial charge in [-0.05, 0) is 57.3 Å². The highest BCUT2D eigenvalue weighted by atomic mass is 16.4. The van der Waals surface area contributed by atoms with Crippen LogP contribution in [-0.2, 0) is 9.59 Å². The Morgan fingerprint density at radius 3 is 2.55 bits per heavy atom. The number of nitrogens with one attached hydrogen (secondary N) is 1. The van der Waals surface area contributed by atoms with Crippen LogP contribution >= 0.6 is 0 Å². The molecule has 2 rings (SSSR count). The van der Waals surface area contributed by atoms with E-state index in [4.69, 9.17) is 5.11 Å². The molecule has 20 heavy (non-hydrogen) atoms. The average Bonchev–Trinajstić information content (AvgIpc) is 2.46. The van der Waals surface area contributed by atoms with Crippen LogP contribution in [0.3, 0.4) is 0 Å². The van der Waals surface area contributed by atoms with Crippen LogP contribution in [0.4, 0.5) is 0 Å². The molecule has 0 bridgehead atoms. The second-order valence-corrected chi connectivity index (χ2v) is 6.14. The number of carboxylic acids is 1. The first-order chi connectivity index (χ1) is 9.65. The Kier molecular flexibility index (Phi) is 5.62. The van der Waals surface area contributed by atoms with Gasteiger partial charge >= 0.3 is 5.97 Å². The smallest absolute Gasteiger partial charge is 0.306 e. The van der Waals surface area contributed by atoms with Crippen molar-refractivity contribution in [3.8, 4) is 0 Å². The Hall–Kier alpha value is -1.32. The highest BCUT2D eigenvalue weighted by Gasteiger charge is 2.25.